The van der Waals surface area contributed by atoms with Crippen LogP contribution in [0.15, 0.2) is 48.8 Å². The van der Waals surface area contributed by atoms with E-state index in [1.54, 1.807) is 61.5 Å². The van der Waals surface area contributed by atoms with Gasteiger partial charge in [0.1, 0.15) is 11.5 Å². The zero-order valence-corrected chi connectivity index (χ0v) is 17.0. The third-order valence-electron chi connectivity index (χ3n) is 4.95. The molecular formula is C21H20N6O4. The van der Waals surface area contributed by atoms with Gasteiger partial charge in [-0.2, -0.15) is 0 Å². The van der Waals surface area contributed by atoms with Crippen LogP contribution in [-0.2, 0) is 13.0 Å². The summed E-state index contributed by atoms with van der Waals surface area (Å²) in [6, 6.07) is 12.0. The van der Waals surface area contributed by atoms with Crippen molar-refractivity contribution < 1.29 is 14.4 Å². The average molecular weight is 420 g/mol. The standard InChI is InChI=1S/C21H20N6O4/c1-30-14-7-8-17(31-2)15(11-14)20-24-18-19(22)23-12-26(21(18)25-20)10-9-13-5-3-4-6-16(13)27(28)29/h3-8,11-12H,9-10,22H2,1-2H3. The minimum atomic E-state index is -0.383. The second-order valence-corrected chi connectivity index (χ2v) is 6.74. The van der Waals surface area contributed by atoms with E-state index in [0.29, 0.717) is 52.9 Å². The predicted molar refractivity (Wildman–Crippen MR) is 114 cm³/mol. The molecule has 2 N–H and O–H groups in total. The van der Waals surface area contributed by atoms with Gasteiger partial charge < -0.3 is 19.8 Å². The van der Waals surface area contributed by atoms with Crippen LogP contribution in [0.2, 0.25) is 0 Å². The summed E-state index contributed by atoms with van der Waals surface area (Å²) in [6.07, 6.45) is 1.99. The monoisotopic (exact) mass is 420 g/mol. The number of nitrogens with zero attached hydrogens (tertiary/aromatic N) is 5. The van der Waals surface area contributed by atoms with Crippen molar-refractivity contribution in [2.45, 2.75) is 13.0 Å². The van der Waals surface area contributed by atoms with Crippen molar-refractivity contribution in [3.63, 3.8) is 0 Å². The summed E-state index contributed by atoms with van der Waals surface area (Å²) < 4.78 is 12.5. The molecule has 2 heterocycles. The van der Waals surface area contributed by atoms with Crippen LogP contribution in [0.5, 0.6) is 11.5 Å². The number of hydrogen-bond donors (Lipinski definition) is 1. The zero-order chi connectivity index (χ0) is 22.0. The van der Waals surface area contributed by atoms with E-state index in [-0.39, 0.29) is 16.4 Å². The summed E-state index contributed by atoms with van der Waals surface area (Å²) >= 11 is 0. The van der Waals surface area contributed by atoms with Gasteiger partial charge in [-0.15, -0.1) is 0 Å². The molecule has 2 aliphatic rings. The number of fused-ring (bicyclic) bond motifs is 1. The first-order valence-corrected chi connectivity index (χ1v) is 9.45. The molecule has 2 aliphatic heterocycles. The molecule has 2 aromatic carbocycles. The molecule has 0 fully saturated rings. The minimum absolute atomic E-state index is 0.0816. The van der Waals surface area contributed by atoms with Crippen LogP contribution in [0.3, 0.4) is 0 Å². The van der Waals surface area contributed by atoms with Crippen LogP contribution in [0.25, 0.3) is 22.9 Å². The van der Waals surface area contributed by atoms with Gasteiger partial charge in [-0.25, -0.2) is 15.0 Å². The summed E-state index contributed by atoms with van der Waals surface area (Å²) in [5.74, 6) is 2.43. The first-order valence-electron chi connectivity index (χ1n) is 9.45. The third kappa shape index (κ3) is 3.82. The van der Waals surface area contributed by atoms with E-state index in [9.17, 15) is 10.1 Å². The maximum Gasteiger partial charge on any atom is 0.272 e. The summed E-state index contributed by atoms with van der Waals surface area (Å²) in [7, 11) is 3.14. The fourth-order valence-corrected chi connectivity index (χ4v) is 3.37. The highest BCUT2D eigenvalue weighted by Crippen LogP contribution is 2.35. The van der Waals surface area contributed by atoms with Crippen LogP contribution in [0.1, 0.15) is 5.56 Å². The quantitative estimate of drug-likeness (QED) is 0.356. The van der Waals surface area contributed by atoms with E-state index < -0.39 is 0 Å². The number of nitrogen functional groups attached to an aromatic ring is 1. The van der Waals surface area contributed by atoms with Gasteiger partial charge in [-0.1, -0.05) is 18.2 Å². The molecule has 0 aromatic heterocycles. The number of rotatable bonds is 7. The number of nitrogens with two attached hydrogens (primary N) is 1. The van der Waals surface area contributed by atoms with Crippen molar-refractivity contribution in [2.75, 3.05) is 20.0 Å². The number of benzene rings is 2. The van der Waals surface area contributed by atoms with Crippen molar-refractivity contribution in [3.05, 3.63) is 64.5 Å². The summed E-state index contributed by atoms with van der Waals surface area (Å²) in [4.78, 5) is 24.3. The van der Waals surface area contributed by atoms with Crippen molar-refractivity contribution in [2.24, 2.45) is 0 Å². The second-order valence-electron chi connectivity index (χ2n) is 6.74. The molecule has 0 saturated heterocycles. The largest absolute Gasteiger partial charge is 0.497 e. The highest BCUT2D eigenvalue weighted by atomic mass is 16.6. The predicted octanol–water partition coefficient (Wildman–Crippen LogP) is 3.20. The molecule has 0 amide bonds. The normalized spacial score (nSPS) is 10.9. The Bertz CT molecular complexity index is 1220. The van der Waals surface area contributed by atoms with Gasteiger partial charge in [0.05, 0.1) is 31.0 Å². The first-order chi connectivity index (χ1) is 15.0. The summed E-state index contributed by atoms with van der Waals surface area (Å²) in [5.41, 5.74) is 7.85. The number of para-hydroxylation sites is 1. The number of aryl methyl sites for hydroxylation is 2. The van der Waals surface area contributed by atoms with E-state index in [1.807, 2.05) is 0 Å². The molecule has 0 radical (unpaired) electrons. The highest BCUT2D eigenvalue weighted by Gasteiger charge is 2.22. The van der Waals surface area contributed by atoms with Crippen LogP contribution in [-0.4, -0.2) is 38.7 Å². The van der Waals surface area contributed by atoms with E-state index in [1.165, 1.54) is 6.07 Å². The molecule has 0 unspecified atom stereocenters. The van der Waals surface area contributed by atoms with Gasteiger partial charge in [-0.3, -0.25) is 10.1 Å². The Morgan fingerprint density at radius 1 is 1.13 bits per heavy atom. The van der Waals surface area contributed by atoms with Crippen molar-refractivity contribution in [1.29, 1.82) is 0 Å². The Labute approximate surface area is 177 Å². The Morgan fingerprint density at radius 2 is 1.94 bits per heavy atom. The number of nitro benzene ring substituents is 1. The number of imidazole rings is 1. The SMILES string of the molecule is COc1ccc(OC)c(-c2nc3c(N)ncn(CCc4ccccc4[N+](=O)[O-])c-3n2)c1. The first kappa shape index (κ1) is 20.1. The Balaban J connectivity index is 1.73. The molecule has 2 aromatic rings. The Hall–Kier alpha value is -4.21. The number of methoxy groups -OCH3 is 2. The molecule has 158 valence electrons. The van der Waals surface area contributed by atoms with Gasteiger partial charge in [0.15, 0.2) is 23.2 Å². The third-order valence-corrected chi connectivity index (χ3v) is 4.95. The fraction of sp³-hybridized carbons (Fsp3) is 0.190. The van der Waals surface area contributed by atoms with Gasteiger partial charge in [0.2, 0.25) is 0 Å². The molecule has 10 heteroatoms. The maximum absolute atomic E-state index is 11.3. The van der Waals surface area contributed by atoms with Crippen LogP contribution >= 0.6 is 0 Å². The van der Waals surface area contributed by atoms with Crippen molar-refractivity contribution >= 4 is 11.5 Å². The van der Waals surface area contributed by atoms with Crippen LogP contribution < -0.4 is 15.2 Å². The number of ether oxygens (including phenoxy) is 2. The van der Waals surface area contributed by atoms with Crippen LogP contribution in [0.4, 0.5) is 11.5 Å². The zero-order valence-electron chi connectivity index (χ0n) is 17.0. The van der Waals surface area contributed by atoms with Crippen molar-refractivity contribution in [3.8, 4) is 34.4 Å². The van der Waals surface area contributed by atoms with E-state index in [4.69, 9.17) is 15.2 Å². The topological polar surface area (TPSA) is 131 Å². The lowest BCUT2D eigenvalue weighted by molar-refractivity contribution is -0.385. The van der Waals surface area contributed by atoms with Crippen LogP contribution in [0, 0.1) is 10.1 Å². The van der Waals surface area contributed by atoms with E-state index >= 15 is 0 Å². The number of hydrogen-bond acceptors (Lipinski definition) is 8. The number of aromatic nitrogens is 4. The van der Waals surface area contributed by atoms with Gasteiger partial charge in [-0.05, 0) is 24.6 Å². The maximum atomic E-state index is 11.3. The Morgan fingerprint density at radius 3 is 2.68 bits per heavy atom. The molecule has 4 rings (SSSR count). The summed E-state index contributed by atoms with van der Waals surface area (Å²) in [6.45, 7) is 0.419. The molecule has 0 aliphatic carbocycles. The highest BCUT2D eigenvalue weighted by molar-refractivity contribution is 5.74. The molecule has 10 nitrogen and oxygen atoms in total. The lowest BCUT2D eigenvalue weighted by atomic mass is 10.1. The Kier molecular flexibility index (Phi) is 5.35. The second kappa shape index (κ2) is 8.27. The van der Waals surface area contributed by atoms with E-state index in [0.717, 1.165) is 0 Å². The lowest BCUT2D eigenvalue weighted by Crippen LogP contribution is -2.10. The minimum Gasteiger partial charge on any atom is -0.497 e. The lowest BCUT2D eigenvalue weighted by Gasteiger charge is -2.11. The van der Waals surface area contributed by atoms with Gasteiger partial charge in [0.25, 0.3) is 5.69 Å². The molecule has 0 saturated carbocycles. The van der Waals surface area contributed by atoms with Gasteiger partial charge in [0, 0.05) is 18.2 Å². The number of nitro groups is 1. The molecule has 31 heavy (non-hydrogen) atoms. The van der Waals surface area contributed by atoms with Crippen molar-refractivity contribution in [1.82, 2.24) is 19.5 Å². The number of anilines is 1. The van der Waals surface area contributed by atoms with Gasteiger partial charge >= 0.3 is 0 Å². The molecule has 0 bridgehead atoms. The summed E-state index contributed by atoms with van der Waals surface area (Å²) in [5, 5.41) is 11.3. The average Bonchev–Trinajstić information content (AvgIpc) is 3.24. The fourth-order valence-electron chi connectivity index (χ4n) is 3.37. The van der Waals surface area contributed by atoms with E-state index in [2.05, 4.69) is 15.0 Å². The molecule has 0 spiro atoms. The molecule has 0 atom stereocenters. The smallest absolute Gasteiger partial charge is 0.272 e. The molecular weight excluding hydrogens is 400 g/mol.